The Hall–Kier alpha value is -1.00. The van der Waals surface area contributed by atoms with Gasteiger partial charge in [-0.05, 0) is 28.7 Å². The summed E-state index contributed by atoms with van der Waals surface area (Å²) in [5, 5.41) is 0. The van der Waals surface area contributed by atoms with Crippen LogP contribution < -0.4 is 0 Å². The fourth-order valence-corrected chi connectivity index (χ4v) is 2.03. The summed E-state index contributed by atoms with van der Waals surface area (Å²) in [5.74, 6) is -0.857. The maximum atomic E-state index is 12.7. The van der Waals surface area contributed by atoms with Crippen LogP contribution in [0, 0.1) is 3.70 Å². The number of hydrogen-bond acceptors (Lipinski definition) is 3. The van der Waals surface area contributed by atoms with Crippen molar-refractivity contribution in [2.24, 2.45) is 0 Å². The number of carbonyl (C=O) groups is 1. The molecule has 0 aliphatic rings. The van der Waals surface area contributed by atoms with Gasteiger partial charge in [-0.1, -0.05) is 0 Å². The van der Waals surface area contributed by atoms with E-state index in [9.17, 15) is 26.7 Å². The Kier molecular flexibility index (Phi) is 5.04. The van der Waals surface area contributed by atoms with Crippen molar-refractivity contribution < 1.29 is 31.5 Å². The molecule has 0 aromatic carbocycles. The molecule has 1 aromatic heterocycles. The molecular formula is C10H7F5INO2. The first-order chi connectivity index (χ1) is 8.66. The number of hydrogen-bond donors (Lipinski definition) is 0. The van der Waals surface area contributed by atoms with Gasteiger partial charge in [-0.2, -0.15) is 13.2 Å². The van der Waals surface area contributed by atoms with Gasteiger partial charge in [0.1, 0.15) is 3.70 Å². The van der Waals surface area contributed by atoms with Crippen LogP contribution in [0.15, 0.2) is 6.07 Å². The number of rotatable bonds is 3. The van der Waals surface area contributed by atoms with E-state index in [1.165, 1.54) is 22.6 Å². The van der Waals surface area contributed by atoms with E-state index in [-0.39, 0.29) is 0 Å². The summed E-state index contributed by atoms with van der Waals surface area (Å²) in [5.41, 5.74) is -2.59. The molecule has 0 N–H and O–H groups in total. The zero-order valence-corrected chi connectivity index (χ0v) is 11.6. The summed E-state index contributed by atoms with van der Waals surface area (Å²) in [6.07, 6.45) is -8.55. The second-order valence-electron chi connectivity index (χ2n) is 3.41. The molecule has 106 valence electrons. The molecule has 0 amide bonds. The molecule has 0 atom stereocenters. The Morgan fingerprint density at radius 3 is 2.47 bits per heavy atom. The molecule has 0 radical (unpaired) electrons. The lowest BCUT2D eigenvalue weighted by molar-refractivity contribution is -0.139. The number of halogens is 6. The first-order valence-corrected chi connectivity index (χ1v) is 5.86. The molecular weight excluding hydrogens is 388 g/mol. The summed E-state index contributed by atoms with van der Waals surface area (Å²) in [4.78, 5) is 14.5. The number of aromatic nitrogens is 1. The van der Waals surface area contributed by atoms with Gasteiger partial charge in [0.15, 0.2) is 0 Å². The smallest absolute Gasteiger partial charge is 0.418 e. The van der Waals surface area contributed by atoms with E-state index in [4.69, 9.17) is 0 Å². The average molecular weight is 395 g/mol. The molecule has 1 aromatic rings. The van der Waals surface area contributed by atoms with Gasteiger partial charge in [-0.15, -0.1) is 0 Å². The molecule has 0 spiro atoms. The van der Waals surface area contributed by atoms with Gasteiger partial charge in [0.05, 0.1) is 24.8 Å². The summed E-state index contributed by atoms with van der Waals surface area (Å²) < 4.78 is 66.9. The molecule has 9 heteroatoms. The highest BCUT2D eigenvalue weighted by Crippen LogP contribution is 2.35. The Bertz CT molecular complexity index is 490. The molecule has 19 heavy (non-hydrogen) atoms. The third kappa shape index (κ3) is 3.98. The van der Waals surface area contributed by atoms with Crippen LogP contribution in [-0.2, 0) is 22.1 Å². The molecule has 1 heterocycles. The van der Waals surface area contributed by atoms with Crippen LogP contribution in [0.3, 0.4) is 0 Å². The van der Waals surface area contributed by atoms with Crippen LogP contribution in [0.25, 0.3) is 0 Å². The van der Waals surface area contributed by atoms with Gasteiger partial charge < -0.3 is 4.74 Å². The number of ether oxygens (including phenoxy) is 1. The first kappa shape index (κ1) is 16.1. The van der Waals surface area contributed by atoms with Gasteiger partial charge in [-0.25, -0.2) is 13.8 Å². The van der Waals surface area contributed by atoms with E-state index in [1.807, 2.05) is 0 Å². The number of alkyl halides is 5. The van der Waals surface area contributed by atoms with Gasteiger partial charge in [0, 0.05) is 5.56 Å². The van der Waals surface area contributed by atoms with Gasteiger partial charge in [0.25, 0.3) is 6.43 Å². The molecule has 0 saturated carbocycles. The average Bonchev–Trinajstić information content (AvgIpc) is 2.26. The maximum Gasteiger partial charge on any atom is 0.418 e. The number of pyridine rings is 1. The van der Waals surface area contributed by atoms with E-state index in [1.54, 1.807) is 0 Å². The molecule has 0 unspecified atom stereocenters. The number of esters is 1. The minimum Gasteiger partial charge on any atom is -0.469 e. The zero-order chi connectivity index (χ0) is 14.8. The van der Waals surface area contributed by atoms with E-state index in [2.05, 4.69) is 9.72 Å². The van der Waals surface area contributed by atoms with E-state index >= 15 is 0 Å². The molecule has 3 nitrogen and oxygen atoms in total. The monoisotopic (exact) mass is 395 g/mol. The van der Waals surface area contributed by atoms with Gasteiger partial charge in [0.2, 0.25) is 0 Å². The third-order valence-electron chi connectivity index (χ3n) is 2.17. The van der Waals surface area contributed by atoms with Crippen LogP contribution in [0.1, 0.15) is 23.2 Å². The summed E-state index contributed by atoms with van der Waals surface area (Å²) in [6.45, 7) is 0. The fraction of sp³-hybridized carbons (Fsp3) is 0.400. The topological polar surface area (TPSA) is 39.2 Å². The second kappa shape index (κ2) is 5.97. The summed E-state index contributed by atoms with van der Waals surface area (Å²) in [6, 6.07) is 0.317. The Morgan fingerprint density at radius 1 is 1.47 bits per heavy atom. The normalized spacial score (nSPS) is 11.8. The van der Waals surface area contributed by atoms with Crippen molar-refractivity contribution in [2.75, 3.05) is 7.11 Å². The molecule has 0 aliphatic carbocycles. The molecule has 0 fully saturated rings. The van der Waals surface area contributed by atoms with Crippen LogP contribution in [0.5, 0.6) is 0 Å². The lowest BCUT2D eigenvalue weighted by Gasteiger charge is -2.13. The molecule has 0 bridgehead atoms. The van der Waals surface area contributed by atoms with E-state index < -0.39 is 45.5 Å². The molecule has 1 rings (SSSR count). The lowest BCUT2D eigenvalue weighted by Crippen LogP contribution is -2.15. The SMILES string of the molecule is COC(=O)Cc1nc(I)c(C(F)(F)F)cc1C(F)F. The van der Waals surface area contributed by atoms with E-state index in [0.29, 0.717) is 6.07 Å². The highest BCUT2D eigenvalue weighted by molar-refractivity contribution is 14.1. The Morgan fingerprint density at radius 2 is 2.05 bits per heavy atom. The summed E-state index contributed by atoms with van der Waals surface area (Å²) in [7, 11) is 1.04. The minimum absolute atomic E-state index is 0.317. The number of carbonyl (C=O) groups excluding carboxylic acids is 1. The van der Waals surface area contributed by atoms with Crippen LogP contribution >= 0.6 is 22.6 Å². The summed E-state index contributed by atoms with van der Waals surface area (Å²) >= 11 is 1.28. The highest BCUT2D eigenvalue weighted by atomic mass is 127. The van der Waals surface area contributed by atoms with Crippen LogP contribution in [-0.4, -0.2) is 18.1 Å². The Balaban J connectivity index is 3.33. The molecule has 0 aliphatic heterocycles. The molecule has 0 saturated heterocycles. The Labute approximate surface area is 118 Å². The van der Waals surface area contributed by atoms with E-state index in [0.717, 1.165) is 7.11 Å². The predicted octanol–water partition coefficient (Wildman–Crippen LogP) is 3.36. The van der Waals surface area contributed by atoms with Crippen molar-refractivity contribution in [2.45, 2.75) is 19.0 Å². The van der Waals surface area contributed by atoms with Crippen molar-refractivity contribution >= 4 is 28.6 Å². The fourth-order valence-electron chi connectivity index (χ4n) is 1.28. The van der Waals surface area contributed by atoms with Gasteiger partial charge in [-0.3, -0.25) is 4.79 Å². The van der Waals surface area contributed by atoms with Gasteiger partial charge >= 0.3 is 12.1 Å². The predicted molar refractivity (Wildman–Crippen MR) is 62.6 cm³/mol. The first-order valence-electron chi connectivity index (χ1n) is 4.78. The van der Waals surface area contributed by atoms with Crippen LogP contribution in [0.4, 0.5) is 22.0 Å². The zero-order valence-electron chi connectivity index (χ0n) is 9.39. The largest absolute Gasteiger partial charge is 0.469 e. The van der Waals surface area contributed by atoms with Crippen molar-refractivity contribution in [1.82, 2.24) is 4.98 Å². The minimum atomic E-state index is -4.78. The third-order valence-corrected chi connectivity index (χ3v) is 2.99. The van der Waals surface area contributed by atoms with Crippen molar-refractivity contribution in [3.05, 3.63) is 26.6 Å². The number of methoxy groups -OCH3 is 1. The number of nitrogens with zero attached hydrogens (tertiary/aromatic N) is 1. The maximum absolute atomic E-state index is 12.7. The second-order valence-corrected chi connectivity index (χ2v) is 4.44. The van der Waals surface area contributed by atoms with Crippen LogP contribution in [0.2, 0.25) is 0 Å². The van der Waals surface area contributed by atoms with Crippen molar-refractivity contribution in [1.29, 1.82) is 0 Å². The van der Waals surface area contributed by atoms with Crippen molar-refractivity contribution in [3.63, 3.8) is 0 Å². The lowest BCUT2D eigenvalue weighted by atomic mass is 10.1. The van der Waals surface area contributed by atoms with Crippen molar-refractivity contribution in [3.8, 4) is 0 Å². The quantitative estimate of drug-likeness (QED) is 0.341. The standard InChI is InChI=1S/C10H7F5INO2/c1-19-7(18)3-6-4(8(11)12)2-5(9(16)17-6)10(13,14)15/h2,8H,3H2,1H3. The highest BCUT2D eigenvalue weighted by Gasteiger charge is 2.35.